The number of para-hydroxylation sites is 5. The molecule has 0 bridgehead atoms. The number of aromatic nitrogens is 1. The third kappa shape index (κ3) is 5.74. The molecular formula is C58H38N2O. The Morgan fingerprint density at radius 3 is 1.74 bits per heavy atom. The third-order valence-electron chi connectivity index (χ3n) is 12.2. The van der Waals surface area contributed by atoms with E-state index in [-0.39, 0.29) is 0 Å². The first-order valence-electron chi connectivity index (χ1n) is 20.8. The quantitative estimate of drug-likeness (QED) is 0.161. The van der Waals surface area contributed by atoms with E-state index in [1.165, 1.54) is 43.7 Å². The Morgan fingerprint density at radius 2 is 0.918 bits per heavy atom. The summed E-state index contributed by atoms with van der Waals surface area (Å²) >= 11 is 0. The topological polar surface area (TPSA) is 21.3 Å². The number of fused-ring (bicyclic) bond motifs is 7. The second-order valence-electron chi connectivity index (χ2n) is 15.6. The van der Waals surface area contributed by atoms with Crippen molar-refractivity contribution in [3.05, 3.63) is 231 Å². The average molecular weight is 779 g/mol. The van der Waals surface area contributed by atoms with Crippen molar-refractivity contribution in [2.45, 2.75) is 0 Å². The number of nitrogens with zero attached hydrogens (tertiary/aromatic N) is 2. The summed E-state index contributed by atoms with van der Waals surface area (Å²) in [5.74, 6) is 0. The first-order valence-corrected chi connectivity index (χ1v) is 20.8. The van der Waals surface area contributed by atoms with Crippen molar-refractivity contribution in [2.24, 2.45) is 0 Å². The summed E-state index contributed by atoms with van der Waals surface area (Å²) in [6, 6.07) is 83.0. The zero-order chi connectivity index (χ0) is 40.3. The summed E-state index contributed by atoms with van der Waals surface area (Å²) in [7, 11) is 0. The number of rotatable bonds is 7. The molecule has 3 nitrogen and oxygen atoms in total. The van der Waals surface area contributed by atoms with E-state index in [4.69, 9.17) is 4.42 Å². The van der Waals surface area contributed by atoms with Crippen LogP contribution in [0.4, 0.5) is 17.1 Å². The fourth-order valence-electron chi connectivity index (χ4n) is 9.50. The number of hydrogen-bond donors (Lipinski definition) is 0. The van der Waals surface area contributed by atoms with Crippen LogP contribution in [-0.2, 0) is 0 Å². The molecular weight excluding hydrogens is 741 g/mol. The lowest BCUT2D eigenvalue weighted by Crippen LogP contribution is -2.11. The van der Waals surface area contributed by atoms with Gasteiger partial charge in [-0.2, -0.15) is 0 Å². The van der Waals surface area contributed by atoms with Crippen molar-refractivity contribution >= 4 is 71.6 Å². The zero-order valence-electron chi connectivity index (χ0n) is 33.2. The highest BCUT2D eigenvalue weighted by Crippen LogP contribution is 2.46. The first kappa shape index (κ1) is 34.9. The molecule has 61 heavy (non-hydrogen) atoms. The van der Waals surface area contributed by atoms with Crippen molar-refractivity contribution in [3.8, 4) is 39.1 Å². The minimum Gasteiger partial charge on any atom is -0.456 e. The van der Waals surface area contributed by atoms with Crippen LogP contribution in [0.3, 0.4) is 0 Å². The minimum atomic E-state index is 0.879. The van der Waals surface area contributed by atoms with Gasteiger partial charge in [-0.15, -0.1) is 0 Å². The molecule has 12 rings (SSSR count). The second kappa shape index (κ2) is 14.3. The van der Waals surface area contributed by atoms with Gasteiger partial charge in [0.05, 0.1) is 22.4 Å². The lowest BCUT2D eigenvalue weighted by atomic mass is 9.95. The van der Waals surface area contributed by atoms with Crippen molar-refractivity contribution in [2.75, 3.05) is 4.90 Å². The van der Waals surface area contributed by atoms with Crippen LogP contribution in [0.2, 0.25) is 0 Å². The maximum atomic E-state index is 6.41. The largest absolute Gasteiger partial charge is 0.456 e. The SMILES string of the molecule is c1cc(-c2cccc3ccccc23)cc(N(c2ccc(-c3ccccc3-n3c4ccccc4c4ccccc43)cc2)c2ccccc2-c2cccc3oc4ccccc4c23)c1. The van der Waals surface area contributed by atoms with E-state index in [9.17, 15) is 0 Å². The van der Waals surface area contributed by atoms with Gasteiger partial charge in [0.25, 0.3) is 0 Å². The van der Waals surface area contributed by atoms with Crippen LogP contribution in [0.5, 0.6) is 0 Å². The molecule has 2 heterocycles. The Hall–Kier alpha value is -8.14. The zero-order valence-corrected chi connectivity index (χ0v) is 33.2. The summed E-state index contributed by atoms with van der Waals surface area (Å²) < 4.78 is 8.82. The average Bonchev–Trinajstić information content (AvgIpc) is 3.88. The van der Waals surface area contributed by atoms with Crippen molar-refractivity contribution < 1.29 is 4.42 Å². The van der Waals surface area contributed by atoms with Gasteiger partial charge in [-0.1, -0.05) is 170 Å². The van der Waals surface area contributed by atoms with E-state index in [1.807, 2.05) is 6.07 Å². The van der Waals surface area contributed by atoms with Crippen molar-refractivity contribution in [3.63, 3.8) is 0 Å². The monoisotopic (exact) mass is 778 g/mol. The lowest BCUT2D eigenvalue weighted by molar-refractivity contribution is 0.669. The van der Waals surface area contributed by atoms with Crippen molar-refractivity contribution in [1.82, 2.24) is 4.57 Å². The van der Waals surface area contributed by atoms with E-state index in [1.54, 1.807) is 0 Å². The fraction of sp³-hybridized carbons (Fsp3) is 0. The number of anilines is 3. The molecule has 10 aromatic carbocycles. The van der Waals surface area contributed by atoms with E-state index >= 15 is 0 Å². The molecule has 0 amide bonds. The number of benzene rings is 10. The van der Waals surface area contributed by atoms with Gasteiger partial charge in [0.1, 0.15) is 11.2 Å². The smallest absolute Gasteiger partial charge is 0.136 e. The molecule has 0 aliphatic heterocycles. The molecule has 0 fully saturated rings. The van der Waals surface area contributed by atoms with Crippen LogP contribution in [0, 0.1) is 0 Å². The highest BCUT2D eigenvalue weighted by Gasteiger charge is 2.22. The molecule has 0 aliphatic rings. The van der Waals surface area contributed by atoms with E-state index in [0.29, 0.717) is 0 Å². The maximum Gasteiger partial charge on any atom is 0.136 e. The van der Waals surface area contributed by atoms with Gasteiger partial charge in [0, 0.05) is 44.0 Å². The molecule has 12 aromatic rings. The number of furan rings is 1. The van der Waals surface area contributed by atoms with E-state index in [2.05, 4.69) is 234 Å². The maximum absolute atomic E-state index is 6.41. The molecule has 0 N–H and O–H groups in total. The molecule has 0 saturated carbocycles. The van der Waals surface area contributed by atoms with Crippen molar-refractivity contribution in [1.29, 1.82) is 0 Å². The molecule has 0 saturated heterocycles. The van der Waals surface area contributed by atoms with Gasteiger partial charge in [0.2, 0.25) is 0 Å². The Morgan fingerprint density at radius 1 is 0.344 bits per heavy atom. The van der Waals surface area contributed by atoms with Crippen LogP contribution >= 0.6 is 0 Å². The molecule has 2 aromatic heterocycles. The predicted molar refractivity (Wildman–Crippen MR) is 257 cm³/mol. The fourth-order valence-corrected chi connectivity index (χ4v) is 9.50. The van der Waals surface area contributed by atoms with E-state index in [0.717, 1.165) is 66.9 Å². The van der Waals surface area contributed by atoms with Gasteiger partial charge in [-0.25, -0.2) is 0 Å². The molecule has 286 valence electrons. The minimum absolute atomic E-state index is 0.879. The van der Waals surface area contributed by atoms with Gasteiger partial charge < -0.3 is 13.9 Å². The van der Waals surface area contributed by atoms with Crippen LogP contribution in [-0.4, -0.2) is 4.57 Å². The Balaban J connectivity index is 1.05. The summed E-state index contributed by atoms with van der Waals surface area (Å²) in [6.45, 7) is 0. The molecule has 0 atom stereocenters. The summed E-state index contributed by atoms with van der Waals surface area (Å²) in [5.41, 5.74) is 15.5. The predicted octanol–water partition coefficient (Wildman–Crippen LogP) is 16.3. The van der Waals surface area contributed by atoms with E-state index < -0.39 is 0 Å². The Kier molecular flexibility index (Phi) is 8.17. The second-order valence-corrected chi connectivity index (χ2v) is 15.6. The normalized spacial score (nSPS) is 11.6. The highest BCUT2D eigenvalue weighted by atomic mass is 16.3. The molecule has 0 aliphatic carbocycles. The summed E-state index contributed by atoms with van der Waals surface area (Å²) in [5, 5.41) is 7.19. The van der Waals surface area contributed by atoms with Crippen LogP contribution in [0.1, 0.15) is 0 Å². The highest BCUT2D eigenvalue weighted by molar-refractivity contribution is 6.14. The molecule has 0 radical (unpaired) electrons. The van der Waals surface area contributed by atoms with Gasteiger partial charge in [0.15, 0.2) is 0 Å². The third-order valence-corrected chi connectivity index (χ3v) is 12.2. The molecule has 0 unspecified atom stereocenters. The molecule has 3 heteroatoms. The van der Waals surface area contributed by atoms with Crippen LogP contribution in [0.25, 0.3) is 93.6 Å². The summed E-state index contributed by atoms with van der Waals surface area (Å²) in [4.78, 5) is 2.41. The Bertz CT molecular complexity index is 3550. The Labute approximate surface area is 353 Å². The summed E-state index contributed by atoms with van der Waals surface area (Å²) in [6.07, 6.45) is 0. The first-order chi connectivity index (χ1) is 30.3. The lowest BCUT2D eigenvalue weighted by Gasteiger charge is -2.29. The van der Waals surface area contributed by atoms with Crippen LogP contribution in [0.15, 0.2) is 235 Å². The van der Waals surface area contributed by atoms with Crippen LogP contribution < -0.4 is 4.90 Å². The van der Waals surface area contributed by atoms with Gasteiger partial charge in [-0.05, 0) is 93.7 Å². The molecule has 0 spiro atoms. The van der Waals surface area contributed by atoms with Gasteiger partial charge >= 0.3 is 0 Å². The standard InChI is InChI=1S/C58H38N2O/c1-2-20-44-39(16-1)17-14-26-45(44)41-18-13-19-43(38-41)59(53-29-9-6-24-49(53)50-27-15-33-57-58(50)51-25-7-12-32-56(51)61-57)42-36-34-40(35-37-42)46-21-3-8-28-52(46)60-54-30-10-4-22-47(54)48-23-5-11-31-55(48)60/h1-38H. The van der Waals surface area contributed by atoms with Gasteiger partial charge in [-0.3, -0.25) is 0 Å². The number of hydrogen-bond acceptors (Lipinski definition) is 2.